The van der Waals surface area contributed by atoms with Gasteiger partial charge < -0.3 is 15.4 Å². The molecule has 0 aliphatic carbocycles. The van der Waals surface area contributed by atoms with E-state index in [0.717, 1.165) is 5.69 Å². The van der Waals surface area contributed by atoms with Gasteiger partial charge in [-0.3, -0.25) is 4.79 Å². The zero-order chi connectivity index (χ0) is 12.3. The summed E-state index contributed by atoms with van der Waals surface area (Å²) in [6.07, 6.45) is 0. The average molecular weight is 233 g/mol. The molecule has 0 unspecified atom stereocenters. The molecule has 1 aliphatic heterocycles. The molecule has 0 bridgehead atoms. The molecule has 1 saturated heterocycles. The van der Waals surface area contributed by atoms with Gasteiger partial charge in [0.25, 0.3) is 0 Å². The molecule has 0 spiro atoms. The molecule has 1 aliphatic rings. The Labute approximate surface area is 99.9 Å². The summed E-state index contributed by atoms with van der Waals surface area (Å²) in [4.78, 5) is 17.3. The molecule has 90 valence electrons. The van der Waals surface area contributed by atoms with Gasteiger partial charge in [-0.05, 0) is 18.2 Å². The molecule has 2 rings (SSSR count). The van der Waals surface area contributed by atoms with Gasteiger partial charge in [0.1, 0.15) is 6.61 Å². The Bertz CT molecular complexity index is 457. The molecule has 2 N–H and O–H groups in total. The topological polar surface area (TPSA) is 67.9 Å². The highest BCUT2D eigenvalue weighted by Crippen LogP contribution is 2.16. The first-order valence-corrected chi connectivity index (χ1v) is 5.46. The van der Waals surface area contributed by atoms with Crippen molar-refractivity contribution in [2.45, 2.75) is 6.92 Å². The summed E-state index contributed by atoms with van der Waals surface area (Å²) in [7, 11) is 0. The van der Waals surface area contributed by atoms with E-state index in [-0.39, 0.29) is 5.91 Å². The normalized spacial score (nSPS) is 17.9. The predicted molar refractivity (Wildman–Crippen MR) is 66.2 cm³/mol. The van der Waals surface area contributed by atoms with E-state index in [1.807, 2.05) is 12.1 Å². The fraction of sp³-hybridized carbons (Fsp3) is 0.333. The fourth-order valence-electron chi connectivity index (χ4n) is 1.64. The van der Waals surface area contributed by atoms with E-state index in [2.05, 4.69) is 4.99 Å². The van der Waals surface area contributed by atoms with Crippen LogP contribution in [0.1, 0.15) is 6.92 Å². The van der Waals surface area contributed by atoms with E-state index >= 15 is 0 Å². The number of morpholine rings is 1. The van der Waals surface area contributed by atoms with Crippen molar-refractivity contribution in [3.05, 3.63) is 24.3 Å². The van der Waals surface area contributed by atoms with Crippen LogP contribution in [-0.2, 0) is 9.53 Å². The Balaban J connectivity index is 2.14. The zero-order valence-electron chi connectivity index (χ0n) is 9.72. The van der Waals surface area contributed by atoms with E-state index < -0.39 is 0 Å². The lowest BCUT2D eigenvalue weighted by molar-refractivity contribution is -0.129. The first-order chi connectivity index (χ1) is 8.15. The molecule has 0 radical (unpaired) electrons. The smallest absolute Gasteiger partial charge is 0.220 e. The molecule has 1 amide bonds. The molecular formula is C12H15N3O2. The minimum atomic E-state index is 0.0357. The SMILES string of the molecule is CC(=O)N1CCOC(=Nc2cccc(N)c2)C1. The van der Waals surface area contributed by atoms with Crippen LogP contribution in [-0.4, -0.2) is 36.4 Å². The van der Waals surface area contributed by atoms with Crippen molar-refractivity contribution < 1.29 is 9.53 Å². The van der Waals surface area contributed by atoms with Gasteiger partial charge >= 0.3 is 0 Å². The quantitative estimate of drug-likeness (QED) is 0.740. The minimum Gasteiger partial charge on any atom is -0.478 e. The molecule has 5 nitrogen and oxygen atoms in total. The second-order valence-electron chi connectivity index (χ2n) is 3.89. The van der Waals surface area contributed by atoms with Crippen LogP contribution in [0.5, 0.6) is 0 Å². The highest BCUT2D eigenvalue weighted by molar-refractivity contribution is 5.86. The van der Waals surface area contributed by atoms with E-state index in [4.69, 9.17) is 10.5 Å². The van der Waals surface area contributed by atoms with E-state index in [0.29, 0.717) is 31.3 Å². The number of hydrogen-bond acceptors (Lipinski definition) is 4. The molecule has 0 aromatic heterocycles. The molecular weight excluding hydrogens is 218 g/mol. The number of rotatable bonds is 1. The number of ether oxygens (including phenoxy) is 1. The second kappa shape index (κ2) is 4.86. The Hall–Kier alpha value is -2.04. The molecule has 1 aromatic rings. The van der Waals surface area contributed by atoms with Gasteiger partial charge in [-0.15, -0.1) is 0 Å². The average Bonchev–Trinajstić information content (AvgIpc) is 2.29. The van der Waals surface area contributed by atoms with Crippen LogP contribution in [0, 0.1) is 0 Å². The standard InChI is InChI=1S/C12H15N3O2/c1-9(16)15-5-6-17-12(8-15)14-11-4-2-3-10(13)7-11/h2-4,7H,5-6,8,13H2,1H3. The maximum absolute atomic E-state index is 11.2. The summed E-state index contributed by atoms with van der Waals surface area (Å²) in [6.45, 7) is 3.07. The molecule has 1 heterocycles. The second-order valence-corrected chi connectivity index (χ2v) is 3.89. The summed E-state index contributed by atoms with van der Waals surface area (Å²) in [5, 5.41) is 0. The van der Waals surface area contributed by atoms with E-state index in [9.17, 15) is 4.79 Å². The van der Waals surface area contributed by atoms with Crippen molar-refractivity contribution in [1.29, 1.82) is 0 Å². The number of anilines is 1. The van der Waals surface area contributed by atoms with E-state index in [1.54, 1.807) is 24.0 Å². The molecule has 5 heteroatoms. The number of carbonyl (C=O) groups is 1. The molecule has 17 heavy (non-hydrogen) atoms. The number of hydrogen-bond donors (Lipinski definition) is 1. The lowest BCUT2D eigenvalue weighted by Gasteiger charge is -2.26. The van der Waals surface area contributed by atoms with Crippen molar-refractivity contribution in [2.75, 3.05) is 25.4 Å². The lowest BCUT2D eigenvalue weighted by Crippen LogP contribution is -2.42. The van der Waals surface area contributed by atoms with Gasteiger partial charge in [-0.1, -0.05) is 6.07 Å². The van der Waals surface area contributed by atoms with Gasteiger partial charge in [0.2, 0.25) is 11.8 Å². The summed E-state index contributed by atoms with van der Waals surface area (Å²) < 4.78 is 5.42. The number of amides is 1. The van der Waals surface area contributed by atoms with Crippen LogP contribution in [0.4, 0.5) is 11.4 Å². The third-order valence-corrected chi connectivity index (χ3v) is 2.53. The molecule has 1 fully saturated rings. The lowest BCUT2D eigenvalue weighted by atomic mass is 10.3. The van der Waals surface area contributed by atoms with Gasteiger partial charge in [0.15, 0.2) is 0 Å². The number of nitrogen functional groups attached to an aromatic ring is 1. The van der Waals surface area contributed by atoms with E-state index in [1.165, 1.54) is 0 Å². The van der Waals surface area contributed by atoms with Crippen LogP contribution >= 0.6 is 0 Å². The third-order valence-electron chi connectivity index (χ3n) is 2.53. The maximum Gasteiger partial charge on any atom is 0.220 e. The highest BCUT2D eigenvalue weighted by Gasteiger charge is 2.18. The largest absolute Gasteiger partial charge is 0.478 e. The highest BCUT2D eigenvalue weighted by atomic mass is 16.5. The maximum atomic E-state index is 11.2. The summed E-state index contributed by atoms with van der Waals surface area (Å²) in [5.74, 6) is 0.589. The number of nitrogens with zero attached hydrogens (tertiary/aromatic N) is 2. The Morgan fingerprint density at radius 1 is 1.53 bits per heavy atom. The summed E-state index contributed by atoms with van der Waals surface area (Å²) in [5.41, 5.74) is 7.06. The van der Waals surface area contributed by atoms with Gasteiger partial charge in [0, 0.05) is 12.6 Å². The fourth-order valence-corrected chi connectivity index (χ4v) is 1.64. The Morgan fingerprint density at radius 2 is 2.35 bits per heavy atom. The number of carbonyl (C=O) groups excluding carboxylic acids is 1. The first-order valence-electron chi connectivity index (χ1n) is 5.46. The van der Waals surface area contributed by atoms with Crippen molar-refractivity contribution in [3.63, 3.8) is 0 Å². The molecule has 1 aromatic carbocycles. The summed E-state index contributed by atoms with van der Waals surface area (Å²) in [6, 6.07) is 7.25. The Morgan fingerprint density at radius 3 is 3.06 bits per heavy atom. The van der Waals surface area contributed by atoms with Crippen molar-refractivity contribution in [2.24, 2.45) is 4.99 Å². The first kappa shape index (κ1) is 11.4. The molecule has 0 atom stereocenters. The van der Waals surface area contributed by atoms with Crippen LogP contribution in [0.2, 0.25) is 0 Å². The monoisotopic (exact) mass is 233 g/mol. The van der Waals surface area contributed by atoms with Crippen molar-refractivity contribution in [1.82, 2.24) is 4.90 Å². The predicted octanol–water partition coefficient (Wildman–Crippen LogP) is 1.18. The van der Waals surface area contributed by atoms with Crippen molar-refractivity contribution >= 4 is 23.2 Å². The van der Waals surface area contributed by atoms with Crippen LogP contribution in [0.3, 0.4) is 0 Å². The third kappa shape index (κ3) is 2.96. The van der Waals surface area contributed by atoms with Crippen molar-refractivity contribution in [3.8, 4) is 0 Å². The number of aliphatic imine (C=N–C) groups is 1. The van der Waals surface area contributed by atoms with Gasteiger partial charge in [-0.2, -0.15) is 0 Å². The number of benzene rings is 1. The number of nitrogens with two attached hydrogens (primary N) is 1. The van der Waals surface area contributed by atoms with Crippen LogP contribution in [0.15, 0.2) is 29.3 Å². The minimum absolute atomic E-state index is 0.0357. The van der Waals surface area contributed by atoms with Gasteiger partial charge in [0.05, 0.1) is 18.8 Å². The zero-order valence-corrected chi connectivity index (χ0v) is 9.72. The van der Waals surface area contributed by atoms with Crippen LogP contribution in [0.25, 0.3) is 0 Å². The summed E-state index contributed by atoms with van der Waals surface area (Å²) >= 11 is 0. The van der Waals surface area contributed by atoms with Gasteiger partial charge in [-0.25, -0.2) is 4.99 Å². The van der Waals surface area contributed by atoms with Crippen LogP contribution < -0.4 is 5.73 Å². The Kier molecular flexibility index (Phi) is 3.27. The molecule has 0 saturated carbocycles.